The van der Waals surface area contributed by atoms with Crippen LogP contribution in [0.5, 0.6) is 0 Å². The van der Waals surface area contributed by atoms with Gasteiger partial charge in [0.25, 0.3) is 0 Å². The first-order chi connectivity index (χ1) is 31.5. The van der Waals surface area contributed by atoms with E-state index >= 15 is 0 Å². The van der Waals surface area contributed by atoms with Gasteiger partial charge in [0.1, 0.15) is 0 Å². The van der Waals surface area contributed by atoms with Crippen molar-refractivity contribution in [3.8, 4) is 78.7 Å². The highest BCUT2D eigenvalue weighted by Gasteiger charge is 2.53. The second-order valence-corrected chi connectivity index (χ2v) is 17.5. The van der Waals surface area contributed by atoms with Gasteiger partial charge in [-0.2, -0.15) is 0 Å². The lowest BCUT2D eigenvalue weighted by Gasteiger charge is -2.46. The van der Waals surface area contributed by atoms with Gasteiger partial charge >= 0.3 is 0 Å². The van der Waals surface area contributed by atoms with Gasteiger partial charge in [0.2, 0.25) is 0 Å². The van der Waals surface area contributed by atoms with Crippen LogP contribution in [0, 0.1) is 0 Å². The lowest BCUT2D eigenvalue weighted by Crippen LogP contribution is -2.40. The molecule has 1 heterocycles. The maximum absolute atomic E-state index is 5.31. The summed E-state index contributed by atoms with van der Waals surface area (Å²) in [6.45, 7) is 4.74. The molecule has 3 nitrogen and oxygen atoms in total. The number of benzene rings is 9. The minimum absolute atomic E-state index is 0.202. The minimum Gasteiger partial charge on any atom is -0.208 e. The van der Waals surface area contributed by atoms with E-state index in [4.69, 9.17) is 15.0 Å². The summed E-state index contributed by atoms with van der Waals surface area (Å²) in [6.07, 6.45) is 0. The molecule has 0 aliphatic heterocycles. The van der Waals surface area contributed by atoms with Gasteiger partial charge in [-0.1, -0.05) is 232 Å². The molecule has 3 heteroatoms. The highest BCUT2D eigenvalue weighted by atomic mass is 15.0. The molecule has 0 atom stereocenters. The molecule has 12 rings (SSSR count). The summed E-state index contributed by atoms with van der Waals surface area (Å²) in [4.78, 5) is 15.7. The Kier molecular flexibility index (Phi) is 8.74. The number of fused-ring (bicyclic) bond motifs is 9. The zero-order valence-electron chi connectivity index (χ0n) is 35.7. The van der Waals surface area contributed by atoms with Gasteiger partial charge in [0, 0.05) is 22.1 Å². The Morgan fingerprint density at radius 1 is 0.266 bits per heavy atom. The van der Waals surface area contributed by atoms with Crippen molar-refractivity contribution in [2.24, 2.45) is 0 Å². The second-order valence-electron chi connectivity index (χ2n) is 17.5. The molecule has 302 valence electrons. The van der Waals surface area contributed by atoms with Crippen LogP contribution >= 0.6 is 0 Å². The van der Waals surface area contributed by atoms with Crippen molar-refractivity contribution in [2.75, 3.05) is 0 Å². The van der Waals surface area contributed by atoms with Crippen molar-refractivity contribution in [1.82, 2.24) is 15.0 Å². The van der Waals surface area contributed by atoms with E-state index in [0.29, 0.717) is 17.5 Å². The van der Waals surface area contributed by atoms with Gasteiger partial charge in [0.05, 0.1) is 5.41 Å². The molecule has 1 spiro atoms. The Hall–Kier alpha value is -8.01. The predicted molar refractivity (Wildman–Crippen MR) is 262 cm³/mol. The summed E-state index contributed by atoms with van der Waals surface area (Å²) in [5.41, 5.74) is 19.4. The summed E-state index contributed by atoms with van der Waals surface area (Å²) in [5.74, 6) is 1.94. The molecule has 10 aromatic rings. The van der Waals surface area contributed by atoms with Crippen LogP contribution in [0.3, 0.4) is 0 Å². The number of hydrogen-bond donors (Lipinski definition) is 0. The molecule has 0 saturated carbocycles. The van der Waals surface area contributed by atoms with E-state index in [9.17, 15) is 0 Å². The fraction of sp³-hybridized carbons (Fsp3) is 0.0656. The van der Waals surface area contributed by atoms with Crippen molar-refractivity contribution >= 4 is 0 Å². The summed E-state index contributed by atoms with van der Waals surface area (Å²) in [6, 6.07) is 81.0. The maximum Gasteiger partial charge on any atom is 0.164 e. The quantitative estimate of drug-likeness (QED) is 0.168. The molecule has 0 fully saturated rings. The molecule has 0 amide bonds. The van der Waals surface area contributed by atoms with Crippen LogP contribution in [0.2, 0.25) is 0 Å². The van der Waals surface area contributed by atoms with Crippen molar-refractivity contribution in [1.29, 1.82) is 0 Å². The fourth-order valence-corrected chi connectivity index (χ4v) is 10.6. The minimum atomic E-state index is -0.574. The predicted octanol–water partition coefficient (Wildman–Crippen LogP) is 14.9. The number of hydrogen-bond acceptors (Lipinski definition) is 3. The Balaban J connectivity index is 1.07. The van der Waals surface area contributed by atoms with E-state index in [1.54, 1.807) is 0 Å². The van der Waals surface area contributed by atoms with Gasteiger partial charge in [0.15, 0.2) is 17.5 Å². The van der Waals surface area contributed by atoms with E-state index < -0.39 is 5.41 Å². The van der Waals surface area contributed by atoms with Crippen LogP contribution in [0.1, 0.15) is 47.2 Å². The van der Waals surface area contributed by atoms with Gasteiger partial charge in [-0.05, 0) is 84.0 Å². The molecule has 0 radical (unpaired) electrons. The third-order valence-electron chi connectivity index (χ3n) is 13.7. The van der Waals surface area contributed by atoms with Crippen LogP contribution in [0.25, 0.3) is 78.7 Å². The first-order valence-electron chi connectivity index (χ1n) is 22.1. The molecule has 9 aromatic carbocycles. The van der Waals surface area contributed by atoms with Gasteiger partial charge < -0.3 is 0 Å². The summed E-state index contributed by atoms with van der Waals surface area (Å²) in [5, 5.41) is 0. The highest BCUT2D eigenvalue weighted by Crippen LogP contribution is 2.63. The second kappa shape index (κ2) is 14.8. The van der Waals surface area contributed by atoms with Crippen molar-refractivity contribution in [3.63, 3.8) is 0 Å². The largest absolute Gasteiger partial charge is 0.208 e. The number of aromatic nitrogens is 3. The van der Waals surface area contributed by atoms with Crippen LogP contribution in [-0.4, -0.2) is 15.0 Å². The standard InChI is InChI=1S/C61H43N3/c1-60(2)51-24-12-14-26-53(51)61(54-27-15-13-25-52(54)60)50-38-37-47(44-35-33-43(34-36-44)42-31-29-41(30-32-42)40-17-6-3-7-18-40)39-49(50)56-48(23-16-28-55(56)61)59-63-57(45-19-8-4-9-20-45)62-58(64-59)46-21-10-5-11-22-46/h3-39H,1-2H3. The smallest absolute Gasteiger partial charge is 0.164 e. The van der Waals surface area contributed by atoms with Crippen LogP contribution in [0.15, 0.2) is 224 Å². The average Bonchev–Trinajstić information content (AvgIpc) is 3.67. The summed E-state index contributed by atoms with van der Waals surface area (Å²) >= 11 is 0. The molecule has 1 aromatic heterocycles. The molecular weight excluding hydrogens is 775 g/mol. The van der Waals surface area contributed by atoms with Gasteiger partial charge in [-0.3, -0.25) is 0 Å². The van der Waals surface area contributed by atoms with Gasteiger partial charge in [-0.25, -0.2) is 15.0 Å². The van der Waals surface area contributed by atoms with Crippen molar-refractivity contribution < 1.29 is 0 Å². The SMILES string of the molecule is CC1(C)c2ccccc2C2(c3ccc(-c4ccc(-c5ccc(-c6ccccc6)cc5)cc4)cc3-c3c(-c4nc(-c5ccccc5)nc(-c5ccccc5)n4)cccc32)c2ccccc21. The zero-order chi connectivity index (χ0) is 42.8. The third-order valence-corrected chi connectivity index (χ3v) is 13.7. The van der Waals surface area contributed by atoms with Crippen LogP contribution in [0.4, 0.5) is 0 Å². The van der Waals surface area contributed by atoms with E-state index in [1.807, 2.05) is 36.4 Å². The molecule has 0 N–H and O–H groups in total. The summed E-state index contributed by atoms with van der Waals surface area (Å²) in [7, 11) is 0. The summed E-state index contributed by atoms with van der Waals surface area (Å²) < 4.78 is 0. The Morgan fingerprint density at radius 2 is 0.641 bits per heavy atom. The fourth-order valence-electron chi connectivity index (χ4n) is 10.6. The topological polar surface area (TPSA) is 38.7 Å². The lowest BCUT2D eigenvalue weighted by atomic mass is 9.55. The first-order valence-corrected chi connectivity index (χ1v) is 22.1. The van der Waals surface area contributed by atoms with Crippen molar-refractivity contribution in [2.45, 2.75) is 24.7 Å². The molecule has 64 heavy (non-hydrogen) atoms. The number of nitrogens with zero attached hydrogens (tertiary/aromatic N) is 3. The van der Waals surface area contributed by atoms with E-state index in [-0.39, 0.29) is 5.41 Å². The van der Waals surface area contributed by atoms with E-state index in [0.717, 1.165) is 33.4 Å². The van der Waals surface area contributed by atoms with Gasteiger partial charge in [-0.15, -0.1) is 0 Å². The zero-order valence-corrected chi connectivity index (χ0v) is 35.7. The molecule has 2 aliphatic carbocycles. The third kappa shape index (κ3) is 5.85. The number of rotatable bonds is 6. The molecule has 2 aliphatic rings. The normalized spacial score (nSPS) is 13.7. The Morgan fingerprint density at radius 3 is 1.14 bits per heavy atom. The van der Waals surface area contributed by atoms with Crippen LogP contribution < -0.4 is 0 Å². The Labute approximate surface area is 374 Å². The lowest BCUT2D eigenvalue weighted by molar-refractivity contribution is 0.563. The Bertz CT molecular complexity index is 3270. The maximum atomic E-state index is 5.31. The molecule has 0 unspecified atom stereocenters. The molecule has 0 bridgehead atoms. The van der Waals surface area contributed by atoms with Crippen LogP contribution in [-0.2, 0) is 10.8 Å². The first kappa shape index (κ1) is 37.7. The molecule has 0 saturated heterocycles. The van der Waals surface area contributed by atoms with E-state index in [2.05, 4.69) is 202 Å². The highest BCUT2D eigenvalue weighted by molar-refractivity contribution is 5.97. The average molecular weight is 818 g/mol. The van der Waals surface area contributed by atoms with Crippen molar-refractivity contribution in [3.05, 3.63) is 258 Å². The molecular formula is C61H43N3. The van der Waals surface area contributed by atoms with E-state index in [1.165, 1.54) is 61.2 Å². The monoisotopic (exact) mass is 817 g/mol.